The highest BCUT2D eigenvalue weighted by molar-refractivity contribution is 7.15. The second kappa shape index (κ2) is 7.04. The third kappa shape index (κ3) is 4.04. The number of nitrogens with one attached hydrogen (secondary N) is 1. The van der Waals surface area contributed by atoms with Crippen LogP contribution in [0, 0.1) is 0 Å². The van der Waals surface area contributed by atoms with Crippen molar-refractivity contribution in [3.05, 3.63) is 22.7 Å². The Morgan fingerprint density at radius 1 is 1.00 bits per heavy atom. The Labute approximate surface area is 140 Å². The molecular formula is C16H23N3O3S. The summed E-state index contributed by atoms with van der Waals surface area (Å²) in [6.07, 6.45) is 0. The molecule has 6 nitrogen and oxygen atoms in total. The van der Waals surface area contributed by atoms with Crippen LogP contribution in [-0.2, 0) is 12.0 Å². The highest BCUT2D eigenvalue weighted by Crippen LogP contribution is 2.38. The van der Waals surface area contributed by atoms with Crippen LogP contribution in [-0.4, -0.2) is 31.5 Å². The van der Waals surface area contributed by atoms with Gasteiger partial charge in [0.15, 0.2) is 11.5 Å². The maximum atomic E-state index is 5.36. The molecule has 1 heterocycles. The van der Waals surface area contributed by atoms with Gasteiger partial charge in [-0.1, -0.05) is 32.1 Å². The molecule has 0 radical (unpaired) electrons. The fourth-order valence-corrected chi connectivity index (χ4v) is 2.81. The van der Waals surface area contributed by atoms with Gasteiger partial charge in [0.2, 0.25) is 10.9 Å². The number of aromatic nitrogens is 2. The smallest absolute Gasteiger partial charge is 0.205 e. The molecule has 0 amide bonds. The predicted molar refractivity (Wildman–Crippen MR) is 92.0 cm³/mol. The highest BCUT2D eigenvalue weighted by Gasteiger charge is 2.19. The zero-order chi connectivity index (χ0) is 17.0. The molecule has 0 saturated carbocycles. The van der Waals surface area contributed by atoms with Gasteiger partial charge < -0.3 is 19.5 Å². The van der Waals surface area contributed by atoms with Crippen LogP contribution in [0.3, 0.4) is 0 Å². The summed E-state index contributed by atoms with van der Waals surface area (Å²) in [4.78, 5) is 0. The third-order valence-corrected chi connectivity index (χ3v) is 4.54. The number of hydrogen-bond acceptors (Lipinski definition) is 7. The van der Waals surface area contributed by atoms with E-state index >= 15 is 0 Å². The van der Waals surface area contributed by atoms with Crippen LogP contribution in [0.4, 0.5) is 5.13 Å². The molecule has 1 aromatic heterocycles. The summed E-state index contributed by atoms with van der Waals surface area (Å²) in [6, 6.07) is 3.83. The van der Waals surface area contributed by atoms with E-state index in [9.17, 15) is 0 Å². The average molecular weight is 337 g/mol. The molecule has 0 fully saturated rings. The van der Waals surface area contributed by atoms with E-state index < -0.39 is 0 Å². The van der Waals surface area contributed by atoms with E-state index in [1.807, 2.05) is 12.1 Å². The molecule has 7 heteroatoms. The minimum Gasteiger partial charge on any atom is -0.493 e. The molecule has 2 rings (SSSR count). The molecule has 1 aromatic carbocycles. The molecule has 0 atom stereocenters. The first-order chi connectivity index (χ1) is 10.9. The Kier molecular flexibility index (Phi) is 5.30. The third-order valence-electron chi connectivity index (χ3n) is 3.23. The zero-order valence-corrected chi connectivity index (χ0v) is 15.2. The van der Waals surface area contributed by atoms with Gasteiger partial charge >= 0.3 is 0 Å². The van der Waals surface area contributed by atoms with Crippen molar-refractivity contribution in [2.45, 2.75) is 32.7 Å². The van der Waals surface area contributed by atoms with Gasteiger partial charge in [0.1, 0.15) is 5.01 Å². The summed E-state index contributed by atoms with van der Waals surface area (Å²) < 4.78 is 16.1. The van der Waals surface area contributed by atoms with Gasteiger partial charge in [-0.25, -0.2) is 0 Å². The Hall–Kier alpha value is -2.02. The normalized spacial score (nSPS) is 11.2. The lowest BCUT2D eigenvalue weighted by Gasteiger charge is -2.14. The second-order valence-electron chi connectivity index (χ2n) is 6.05. The first-order valence-electron chi connectivity index (χ1n) is 7.25. The number of nitrogens with zero attached hydrogens (tertiary/aromatic N) is 2. The van der Waals surface area contributed by atoms with E-state index in [0.29, 0.717) is 23.8 Å². The van der Waals surface area contributed by atoms with Crippen molar-refractivity contribution in [1.29, 1.82) is 0 Å². The minimum absolute atomic E-state index is 0.00412. The van der Waals surface area contributed by atoms with Gasteiger partial charge in [-0.15, -0.1) is 10.2 Å². The van der Waals surface area contributed by atoms with Crippen molar-refractivity contribution in [1.82, 2.24) is 10.2 Å². The second-order valence-corrected chi connectivity index (χ2v) is 7.03. The number of ether oxygens (including phenoxy) is 3. The van der Waals surface area contributed by atoms with Crippen molar-refractivity contribution in [3.8, 4) is 17.2 Å². The number of hydrogen-bond donors (Lipinski definition) is 1. The summed E-state index contributed by atoms with van der Waals surface area (Å²) in [5, 5.41) is 13.5. The van der Waals surface area contributed by atoms with Crippen LogP contribution in [0.15, 0.2) is 12.1 Å². The van der Waals surface area contributed by atoms with Gasteiger partial charge in [0.05, 0.1) is 21.3 Å². The van der Waals surface area contributed by atoms with Gasteiger partial charge in [0, 0.05) is 12.0 Å². The van der Waals surface area contributed by atoms with E-state index in [0.717, 1.165) is 15.7 Å². The zero-order valence-electron chi connectivity index (χ0n) is 14.4. The van der Waals surface area contributed by atoms with Gasteiger partial charge in [-0.3, -0.25) is 0 Å². The molecule has 0 unspecified atom stereocenters. The van der Waals surface area contributed by atoms with Crippen LogP contribution in [0.2, 0.25) is 0 Å². The lowest BCUT2D eigenvalue weighted by atomic mass is 9.98. The quantitative estimate of drug-likeness (QED) is 0.870. The largest absolute Gasteiger partial charge is 0.493 e. The number of benzene rings is 1. The molecule has 0 aliphatic heterocycles. The number of anilines is 1. The average Bonchev–Trinajstić information content (AvgIpc) is 3.00. The van der Waals surface area contributed by atoms with Crippen LogP contribution >= 0.6 is 11.3 Å². The lowest BCUT2D eigenvalue weighted by Crippen LogP contribution is -2.10. The van der Waals surface area contributed by atoms with Crippen molar-refractivity contribution in [2.24, 2.45) is 0 Å². The van der Waals surface area contributed by atoms with E-state index in [1.165, 1.54) is 0 Å². The molecule has 23 heavy (non-hydrogen) atoms. The minimum atomic E-state index is 0.00412. The van der Waals surface area contributed by atoms with Crippen molar-refractivity contribution >= 4 is 16.5 Å². The predicted octanol–water partition coefficient (Wildman–Crippen LogP) is 3.47. The molecular weight excluding hydrogens is 314 g/mol. The first kappa shape index (κ1) is 17.3. The summed E-state index contributed by atoms with van der Waals surface area (Å²) in [7, 11) is 4.80. The van der Waals surface area contributed by atoms with Crippen molar-refractivity contribution in [2.75, 3.05) is 26.6 Å². The first-order valence-corrected chi connectivity index (χ1v) is 8.07. The van der Waals surface area contributed by atoms with Gasteiger partial charge in [-0.05, 0) is 17.7 Å². The van der Waals surface area contributed by atoms with E-state index in [2.05, 4.69) is 36.3 Å². The van der Waals surface area contributed by atoms with E-state index in [-0.39, 0.29) is 5.41 Å². The molecule has 0 saturated heterocycles. The number of methoxy groups -OCH3 is 3. The Morgan fingerprint density at radius 3 is 2.04 bits per heavy atom. The van der Waals surface area contributed by atoms with Gasteiger partial charge in [-0.2, -0.15) is 0 Å². The standard InChI is InChI=1S/C16H23N3O3S/c1-16(2,3)14-18-19-15(23-14)17-9-10-7-11(20-4)13(22-6)12(8-10)21-5/h7-8H,9H2,1-6H3,(H,17,19). The lowest BCUT2D eigenvalue weighted by molar-refractivity contribution is 0.324. The monoisotopic (exact) mass is 337 g/mol. The van der Waals surface area contributed by atoms with Gasteiger partial charge in [0.25, 0.3) is 0 Å². The van der Waals surface area contributed by atoms with Crippen molar-refractivity contribution < 1.29 is 14.2 Å². The maximum Gasteiger partial charge on any atom is 0.205 e. The summed E-state index contributed by atoms with van der Waals surface area (Å²) in [6.45, 7) is 6.96. The summed E-state index contributed by atoms with van der Waals surface area (Å²) >= 11 is 1.57. The fraction of sp³-hybridized carbons (Fsp3) is 0.500. The number of rotatable bonds is 6. The topological polar surface area (TPSA) is 65.5 Å². The summed E-state index contributed by atoms with van der Waals surface area (Å²) in [5.74, 6) is 1.86. The van der Waals surface area contributed by atoms with Crippen LogP contribution in [0.5, 0.6) is 17.2 Å². The molecule has 0 aliphatic rings. The Balaban J connectivity index is 2.16. The van der Waals surface area contributed by atoms with Crippen molar-refractivity contribution in [3.63, 3.8) is 0 Å². The van der Waals surface area contributed by atoms with E-state index in [4.69, 9.17) is 14.2 Å². The molecule has 0 spiro atoms. The SMILES string of the molecule is COc1cc(CNc2nnc(C(C)(C)C)s2)cc(OC)c1OC. The molecule has 2 aromatic rings. The van der Waals surface area contributed by atoms with Crippen LogP contribution in [0.1, 0.15) is 31.3 Å². The molecule has 1 N–H and O–H groups in total. The Morgan fingerprint density at radius 2 is 1.61 bits per heavy atom. The molecule has 0 bridgehead atoms. The maximum absolute atomic E-state index is 5.36. The summed E-state index contributed by atoms with van der Waals surface area (Å²) in [5.41, 5.74) is 1.01. The van der Waals surface area contributed by atoms with Crippen LogP contribution in [0.25, 0.3) is 0 Å². The molecule has 126 valence electrons. The van der Waals surface area contributed by atoms with Crippen LogP contribution < -0.4 is 19.5 Å². The fourth-order valence-electron chi connectivity index (χ4n) is 2.01. The Bertz CT molecular complexity index is 640. The van der Waals surface area contributed by atoms with E-state index in [1.54, 1.807) is 32.7 Å². The highest BCUT2D eigenvalue weighted by atomic mass is 32.1. The molecule has 0 aliphatic carbocycles.